The average Bonchev–Trinajstić information content (AvgIpc) is 2.26. The van der Waals surface area contributed by atoms with Gasteiger partial charge in [-0.15, -0.1) is 0 Å². The van der Waals surface area contributed by atoms with Crippen molar-refractivity contribution in [2.45, 2.75) is 34.1 Å². The Labute approximate surface area is 103 Å². The molecule has 0 bridgehead atoms. The third kappa shape index (κ3) is 2.10. The number of nitrogens with zero attached hydrogens (tertiary/aromatic N) is 1. The molecule has 2 aromatic rings. The van der Waals surface area contributed by atoms with E-state index in [9.17, 15) is 0 Å². The SMILES string of the molecule is C=C(C)c1cc2c(C)cc(C)cc2nc1CC. The molecule has 0 fully saturated rings. The molecule has 0 saturated heterocycles. The summed E-state index contributed by atoms with van der Waals surface area (Å²) in [6.07, 6.45) is 0.950. The zero-order chi connectivity index (χ0) is 12.6. The molecule has 0 aliphatic carbocycles. The van der Waals surface area contributed by atoms with E-state index in [0.29, 0.717) is 0 Å². The van der Waals surface area contributed by atoms with Gasteiger partial charge in [0, 0.05) is 11.1 Å². The van der Waals surface area contributed by atoms with Crippen molar-refractivity contribution >= 4 is 16.5 Å². The Morgan fingerprint density at radius 1 is 1.24 bits per heavy atom. The molecular formula is C16H19N. The standard InChI is InChI=1S/C16H19N/c1-6-15-13(10(2)3)9-14-12(5)7-11(4)8-16(14)17-15/h7-9H,2,6H2,1,3-5H3. The van der Waals surface area contributed by atoms with Gasteiger partial charge < -0.3 is 0 Å². The molecule has 2 rings (SSSR count). The van der Waals surface area contributed by atoms with Gasteiger partial charge in [0.25, 0.3) is 0 Å². The number of fused-ring (bicyclic) bond motifs is 1. The zero-order valence-electron chi connectivity index (χ0n) is 11.1. The molecule has 17 heavy (non-hydrogen) atoms. The van der Waals surface area contributed by atoms with E-state index in [4.69, 9.17) is 4.98 Å². The van der Waals surface area contributed by atoms with Crippen LogP contribution in [0.5, 0.6) is 0 Å². The largest absolute Gasteiger partial charge is 0.252 e. The van der Waals surface area contributed by atoms with Gasteiger partial charge in [0.2, 0.25) is 0 Å². The molecular weight excluding hydrogens is 206 g/mol. The lowest BCUT2D eigenvalue weighted by atomic mass is 9.99. The van der Waals surface area contributed by atoms with E-state index >= 15 is 0 Å². The van der Waals surface area contributed by atoms with E-state index < -0.39 is 0 Å². The Morgan fingerprint density at radius 2 is 1.94 bits per heavy atom. The topological polar surface area (TPSA) is 12.9 Å². The van der Waals surface area contributed by atoms with Crippen LogP contribution in [0.3, 0.4) is 0 Å². The minimum absolute atomic E-state index is 0.950. The second kappa shape index (κ2) is 4.33. The summed E-state index contributed by atoms with van der Waals surface area (Å²) in [5.74, 6) is 0. The van der Waals surface area contributed by atoms with Gasteiger partial charge in [-0.2, -0.15) is 0 Å². The summed E-state index contributed by atoms with van der Waals surface area (Å²) in [6.45, 7) is 12.5. The molecule has 0 aliphatic rings. The summed E-state index contributed by atoms with van der Waals surface area (Å²) in [7, 11) is 0. The fourth-order valence-corrected chi connectivity index (χ4v) is 2.31. The summed E-state index contributed by atoms with van der Waals surface area (Å²) in [4.78, 5) is 4.78. The molecule has 1 aromatic carbocycles. The molecule has 0 aliphatic heterocycles. The monoisotopic (exact) mass is 225 g/mol. The molecule has 1 nitrogen and oxygen atoms in total. The van der Waals surface area contributed by atoms with E-state index in [-0.39, 0.29) is 0 Å². The Hall–Kier alpha value is -1.63. The quantitative estimate of drug-likeness (QED) is 0.736. The van der Waals surface area contributed by atoms with Crippen molar-refractivity contribution < 1.29 is 0 Å². The van der Waals surface area contributed by atoms with Crippen LogP contribution >= 0.6 is 0 Å². The maximum atomic E-state index is 4.78. The third-order valence-electron chi connectivity index (χ3n) is 3.16. The van der Waals surface area contributed by atoms with Crippen molar-refractivity contribution in [2.24, 2.45) is 0 Å². The molecule has 0 amide bonds. The van der Waals surface area contributed by atoms with Gasteiger partial charge in [0.1, 0.15) is 0 Å². The smallest absolute Gasteiger partial charge is 0.0711 e. The highest BCUT2D eigenvalue weighted by Gasteiger charge is 2.08. The van der Waals surface area contributed by atoms with Crippen LogP contribution in [0, 0.1) is 13.8 Å². The predicted octanol–water partition coefficient (Wildman–Crippen LogP) is 4.45. The molecule has 1 aromatic heterocycles. The lowest BCUT2D eigenvalue weighted by Crippen LogP contribution is -1.97. The van der Waals surface area contributed by atoms with Gasteiger partial charge in [-0.1, -0.05) is 19.6 Å². The van der Waals surface area contributed by atoms with Crippen LogP contribution in [0.1, 0.15) is 36.2 Å². The summed E-state index contributed by atoms with van der Waals surface area (Å²) in [5.41, 5.74) is 7.10. The van der Waals surface area contributed by atoms with Crippen LogP contribution in [0.2, 0.25) is 0 Å². The normalized spacial score (nSPS) is 10.8. The molecule has 0 radical (unpaired) electrons. The summed E-state index contributed by atoms with van der Waals surface area (Å²) in [6, 6.07) is 6.60. The number of benzene rings is 1. The molecule has 1 heteroatoms. The Balaban J connectivity index is 2.83. The van der Waals surface area contributed by atoms with Gasteiger partial charge in [-0.25, -0.2) is 0 Å². The van der Waals surface area contributed by atoms with Gasteiger partial charge in [-0.05, 0) is 61.6 Å². The van der Waals surface area contributed by atoms with Crippen molar-refractivity contribution in [3.8, 4) is 0 Å². The summed E-state index contributed by atoms with van der Waals surface area (Å²) in [5, 5.41) is 1.24. The van der Waals surface area contributed by atoms with Crippen molar-refractivity contribution in [1.29, 1.82) is 0 Å². The molecule has 1 heterocycles. The molecule has 0 atom stereocenters. The van der Waals surface area contributed by atoms with E-state index in [1.807, 2.05) is 6.92 Å². The third-order valence-corrected chi connectivity index (χ3v) is 3.16. The summed E-state index contributed by atoms with van der Waals surface area (Å²) < 4.78 is 0. The average molecular weight is 225 g/mol. The number of aromatic nitrogens is 1. The van der Waals surface area contributed by atoms with Crippen molar-refractivity contribution in [3.05, 3.63) is 47.2 Å². The Kier molecular flexibility index (Phi) is 3.01. The minimum atomic E-state index is 0.950. The van der Waals surface area contributed by atoms with Crippen LogP contribution in [-0.2, 0) is 6.42 Å². The van der Waals surface area contributed by atoms with Crippen molar-refractivity contribution in [2.75, 3.05) is 0 Å². The summed E-state index contributed by atoms with van der Waals surface area (Å²) >= 11 is 0. The highest BCUT2D eigenvalue weighted by Crippen LogP contribution is 2.25. The van der Waals surface area contributed by atoms with E-state index in [1.165, 1.54) is 22.1 Å². The lowest BCUT2D eigenvalue weighted by Gasteiger charge is -2.11. The van der Waals surface area contributed by atoms with E-state index in [1.54, 1.807) is 0 Å². The highest BCUT2D eigenvalue weighted by molar-refractivity contribution is 5.86. The Morgan fingerprint density at radius 3 is 2.53 bits per heavy atom. The van der Waals surface area contributed by atoms with Gasteiger partial charge in [0.05, 0.1) is 5.52 Å². The van der Waals surface area contributed by atoms with Crippen molar-refractivity contribution in [1.82, 2.24) is 4.98 Å². The zero-order valence-corrected chi connectivity index (χ0v) is 11.1. The molecule has 0 unspecified atom stereocenters. The van der Waals surface area contributed by atoms with Gasteiger partial charge >= 0.3 is 0 Å². The predicted molar refractivity (Wildman–Crippen MR) is 75.3 cm³/mol. The van der Waals surface area contributed by atoms with Gasteiger partial charge in [0.15, 0.2) is 0 Å². The maximum absolute atomic E-state index is 4.78. The van der Waals surface area contributed by atoms with E-state index in [0.717, 1.165) is 23.2 Å². The second-order valence-corrected chi connectivity index (χ2v) is 4.77. The first-order valence-electron chi connectivity index (χ1n) is 6.09. The van der Waals surface area contributed by atoms with E-state index in [2.05, 4.69) is 45.5 Å². The van der Waals surface area contributed by atoms with Crippen LogP contribution < -0.4 is 0 Å². The minimum Gasteiger partial charge on any atom is -0.252 e. The Bertz CT molecular complexity index is 594. The number of hydrogen-bond donors (Lipinski definition) is 0. The first kappa shape index (κ1) is 11.8. The number of pyridine rings is 1. The lowest BCUT2D eigenvalue weighted by molar-refractivity contribution is 1.04. The highest BCUT2D eigenvalue weighted by atomic mass is 14.7. The van der Waals surface area contributed by atoms with Gasteiger partial charge in [-0.3, -0.25) is 4.98 Å². The van der Waals surface area contributed by atoms with Crippen LogP contribution in [0.4, 0.5) is 0 Å². The second-order valence-electron chi connectivity index (χ2n) is 4.77. The fraction of sp³-hybridized carbons (Fsp3) is 0.312. The number of rotatable bonds is 2. The molecule has 0 saturated carbocycles. The van der Waals surface area contributed by atoms with Crippen molar-refractivity contribution in [3.63, 3.8) is 0 Å². The molecule has 88 valence electrons. The first-order valence-corrected chi connectivity index (χ1v) is 6.09. The fourth-order valence-electron chi connectivity index (χ4n) is 2.31. The molecule has 0 N–H and O–H groups in total. The van der Waals surface area contributed by atoms with Crippen LogP contribution in [-0.4, -0.2) is 4.98 Å². The van der Waals surface area contributed by atoms with Crippen LogP contribution in [0.25, 0.3) is 16.5 Å². The number of aryl methyl sites for hydroxylation is 3. The maximum Gasteiger partial charge on any atom is 0.0711 e. The number of hydrogen-bond acceptors (Lipinski definition) is 1. The molecule has 0 spiro atoms. The van der Waals surface area contributed by atoms with Crippen LogP contribution in [0.15, 0.2) is 24.8 Å². The first-order chi connectivity index (χ1) is 8.02. The number of allylic oxidation sites excluding steroid dienone is 1.